The van der Waals surface area contributed by atoms with Crippen LogP contribution in [0.25, 0.3) is 0 Å². The average molecular weight is 282 g/mol. The van der Waals surface area contributed by atoms with Gasteiger partial charge in [-0.15, -0.1) is 0 Å². The third-order valence-corrected chi connectivity index (χ3v) is 4.10. The fourth-order valence-corrected chi connectivity index (χ4v) is 3.14. The summed E-state index contributed by atoms with van der Waals surface area (Å²) < 4.78 is 5.38. The number of rotatable bonds is 6. The highest BCUT2D eigenvalue weighted by molar-refractivity contribution is 6.30. The second kappa shape index (κ2) is 6.25. The summed E-state index contributed by atoms with van der Waals surface area (Å²) in [6.45, 7) is 9.29. The van der Waals surface area contributed by atoms with Gasteiger partial charge in [0.2, 0.25) is 0 Å². The van der Waals surface area contributed by atoms with Gasteiger partial charge < -0.3 is 10.1 Å². The summed E-state index contributed by atoms with van der Waals surface area (Å²) in [7, 11) is 0. The van der Waals surface area contributed by atoms with Gasteiger partial charge in [0.15, 0.2) is 0 Å². The molecule has 0 bridgehead atoms. The summed E-state index contributed by atoms with van der Waals surface area (Å²) in [4.78, 5) is 0. The Labute approximate surface area is 121 Å². The van der Waals surface area contributed by atoms with Gasteiger partial charge in [0.25, 0.3) is 0 Å². The van der Waals surface area contributed by atoms with Gasteiger partial charge in [0.1, 0.15) is 0 Å². The molecule has 1 atom stereocenters. The molecule has 0 aromatic heterocycles. The Kier molecular flexibility index (Phi) is 4.88. The van der Waals surface area contributed by atoms with Crippen molar-refractivity contribution in [2.24, 2.45) is 5.41 Å². The molecule has 19 heavy (non-hydrogen) atoms. The van der Waals surface area contributed by atoms with E-state index in [2.05, 4.69) is 31.3 Å². The number of hydrogen-bond donors (Lipinski definition) is 1. The molecule has 1 N–H and O–H groups in total. The minimum atomic E-state index is 0.249. The van der Waals surface area contributed by atoms with E-state index in [1.165, 1.54) is 11.1 Å². The molecular formula is C16H24ClNO. The van der Waals surface area contributed by atoms with Crippen molar-refractivity contribution in [2.75, 3.05) is 19.8 Å². The number of fused-ring (bicyclic) bond motifs is 1. The monoisotopic (exact) mass is 281 g/mol. The van der Waals surface area contributed by atoms with Gasteiger partial charge in [-0.3, -0.25) is 0 Å². The van der Waals surface area contributed by atoms with Crippen LogP contribution in [0.15, 0.2) is 18.2 Å². The summed E-state index contributed by atoms with van der Waals surface area (Å²) >= 11 is 6.14. The molecule has 0 radical (unpaired) electrons. The molecule has 0 fully saturated rings. The number of hydrogen-bond acceptors (Lipinski definition) is 2. The molecule has 0 spiro atoms. The second-order valence-corrected chi connectivity index (χ2v) is 6.38. The SMILES string of the molecule is CCOCCCNC1c2cc(Cl)ccc2CC1(C)C. The maximum absolute atomic E-state index is 6.14. The molecule has 1 unspecified atom stereocenters. The summed E-state index contributed by atoms with van der Waals surface area (Å²) in [6.07, 6.45) is 2.17. The fourth-order valence-electron chi connectivity index (χ4n) is 2.96. The van der Waals surface area contributed by atoms with Crippen LogP contribution >= 0.6 is 11.6 Å². The Morgan fingerprint density at radius 1 is 1.42 bits per heavy atom. The topological polar surface area (TPSA) is 21.3 Å². The van der Waals surface area contributed by atoms with E-state index in [9.17, 15) is 0 Å². The van der Waals surface area contributed by atoms with Crippen molar-refractivity contribution in [2.45, 2.75) is 39.7 Å². The Bertz CT molecular complexity index is 431. The van der Waals surface area contributed by atoms with E-state index in [-0.39, 0.29) is 5.41 Å². The lowest BCUT2D eigenvalue weighted by atomic mass is 9.85. The second-order valence-electron chi connectivity index (χ2n) is 5.95. The van der Waals surface area contributed by atoms with Crippen LogP contribution in [0, 0.1) is 5.41 Å². The van der Waals surface area contributed by atoms with Crippen LogP contribution in [0.2, 0.25) is 5.02 Å². The molecule has 0 saturated heterocycles. The summed E-state index contributed by atoms with van der Waals surface area (Å²) in [5.74, 6) is 0. The molecule has 1 aliphatic carbocycles. The maximum Gasteiger partial charge on any atom is 0.0477 e. The molecule has 106 valence electrons. The van der Waals surface area contributed by atoms with Gasteiger partial charge >= 0.3 is 0 Å². The lowest BCUT2D eigenvalue weighted by molar-refractivity contribution is 0.142. The third-order valence-electron chi connectivity index (χ3n) is 3.86. The Hall–Kier alpha value is -0.570. The van der Waals surface area contributed by atoms with Crippen molar-refractivity contribution in [3.8, 4) is 0 Å². The molecule has 1 aromatic rings. The zero-order valence-corrected chi connectivity index (χ0v) is 12.9. The smallest absolute Gasteiger partial charge is 0.0477 e. The van der Waals surface area contributed by atoms with E-state index in [1.807, 2.05) is 13.0 Å². The molecule has 1 aliphatic rings. The lowest BCUT2D eigenvalue weighted by Gasteiger charge is -2.28. The van der Waals surface area contributed by atoms with Crippen molar-refractivity contribution in [1.82, 2.24) is 5.32 Å². The highest BCUT2D eigenvalue weighted by atomic mass is 35.5. The van der Waals surface area contributed by atoms with Crippen LogP contribution in [-0.4, -0.2) is 19.8 Å². The maximum atomic E-state index is 6.14. The molecule has 0 amide bonds. The molecule has 1 aromatic carbocycles. The Morgan fingerprint density at radius 2 is 2.21 bits per heavy atom. The molecular weight excluding hydrogens is 258 g/mol. The number of halogens is 1. The van der Waals surface area contributed by atoms with E-state index >= 15 is 0 Å². The molecule has 2 rings (SSSR count). The number of nitrogens with one attached hydrogen (secondary N) is 1. The molecule has 3 heteroatoms. The predicted octanol–water partition coefficient (Wildman–Crippen LogP) is 3.98. The van der Waals surface area contributed by atoms with Crippen molar-refractivity contribution >= 4 is 11.6 Å². The highest BCUT2D eigenvalue weighted by Crippen LogP contribution is 2.45. The number of benzene rings is 1. The van der Waals surface area contributed by atoms with Gasteiger partial charge in [-0.2, -0.15) is 0 Å². The van der Waals surface area contributed by atoms with E-state index in [4.69, 9.17) is 16.3 Å². The van der Waals surface area contributed by atoms with Crippen molar-refractivity contribution in [3.05, 3.63) is 34.3 Å². The zero-order valence-electron chi connectivity index (χ0n) is 12.1. The Morgan fingerprint density at radius 3 is 2.95 bits per heavy atom. The predicted molar refractivity (Wildman–Crippen MR) is 80.8 cm³/mol. The van der Waals surface area contributed by atoms with Crippen molar-refractivity contribution in [1.29, 1.82) is 0 Å². The van der Waals surface area contributed by atoms with E-state index < -0.39 is 0 Å². The van der Waals surface area contributed by atoms with Crippen LogP contribution in [0.5, 0.6) is 0 Å². The Balaban J connectivity index is 2.00. The minimum Gasteiger partial charge on any atom is -0.382 e. The van der Waals surface area contributed by atoms with Gasteiger partial charge in [-0.05, 0) is 55.0 Å². The largest absolute Gasteiger partial charge is 0.382 e. The van der Waals surface area contributed by atoms with Crippen LogP contribution < -0.4 is 5.32 Å². The summed E-state index contributed by atoms with van der Waals surface area (Å²) in [5, 5.41) is 4.51. The highest BCUT2D eigenvalue weighted by Gasteiger charge is 2.38. The molecule has 0 aliphatic heterocycles. The summed E-state index contributed by atoms with van der Waals surface area (Å²) in [6, 6.07) is 6.67. The first kappa shape index (κ1) is 14.8. The van der Waals surface area contributed by atoms with Gasteiger partial charge in [0, 0.05) is 24.3 Å². The van der Waals surface area contributed by atoms with Crippen LogP contribution in [0.4, 0.5) is 0 Å². The van der Waals surface area contributed by atoms with E-state index in [0.717, 1.165) is 37.6 Å². The van der Waals surface area contributed by atoms with Crippen molar-refractivity contribution < 1.29 is 4.74 Å². The van der Waals surface area contributed by atoms with E-state index in [0.29, 0.717) is 6.04 Å². The van der Waals surface area contributed by atoms with Crippen LogP contribution in [0.1, 0.15) is 44.4 Å². The first-order valence-electron chi connectivity index (χ1n) is 7.14. The van der Waals surface area contributed by atoms with Gasteiger partial charge in [-0.1, -0.05) is 31.5 Å². The van der Waals surface area contributed by atoms with E-state index in [1.54, 1.807) is 0 Å². The minimum absolute atomic E-state index is 0.249. The number of ether oxygens (including phenoxy) is 1. The quantitative estimate of drug-likeness (QED) is 0.797. The normalized spacial score (nSPS) is 20.5. The molecule has 0 saturated carbocycles. The standard InChI is InChI=1S/C16H24ClNO/c1-4-19-9-5-8-18-15-14-10-13(17)7-6-12(14)11-16(15,2)3/h6-7,10,15,18H,4-5,8-9,11H2,1-3H3. The van der Waals surface area contributed by atoms with Crippen molar-refractivity contribution in [3.63, 3.8) is 0 Å². The molecule has 2 nitrogen and oxygen atoms in total. The lowest BCUT2D eigenvalue weighted by Crippen LogP contribution is -2.32. The van der Waals surface area contributed by atoms with Gasteiger partial charge in [0.05, 0.1) is 0 Å². The third kappa shape index (κ3) is 3.50. The molecule has 0 heterocycles. The van der Waals surface area contributed by atoms with Gasteiger partial charge in [-0.25, -0.2) is 0 Å². The zero-order chi connectivity index (χ0) is 13.9. The average Bonchev–Trinajstić information content (AvgIpc) is 2.60. The summed E-state index contributed by atoms with van der Waals surface area (Å²) in [5.41, 5.74) is 3.05. The fraction of sp³-hybridized carbons (Fsp3) is 0.625. The van der Waals surface area contributed by atoms with Crippen LogP contribution in [-0.2, 0) is 11.2 Å². The van der Waals surface area contributed by atoms with Crippen LogP contribution in [0.3, 0.4) is 0 Å². The first-order chi connectivity index (χ1) is 9.04. The first-order valence-corrected chi connectivity index (χ1v) is 7.52.